The van der Waals surface area contributed by atoms with Crippen LogP contribution in [0.3, 0.4) is 0 Å². The molecule has 2 N–H and O–H groups in total. The molecule has 2 rings (SSSR count). The molecule has 6 nitrogen and oxygen atoms in total. The number of aryl methyl sites for hydroxylation is 1. The van der Waals surface area contributed by atoms with Crippen molar-refractivity contribution < 1.29 is 14.3 Å². The van der Waals surface area contributed by atoms with Gasteiger partial charge in [-0.1, -0.05) is 31.4 Å². The Bertz CT molecular complexity index is 637. The number of rotatable bonds is 8. The summed E-state index contributed by atoms with van der Waals surface area (Å²) in [5, 5.41) is 7.02. The van der Waals surface area contributed by atoms with Gasteiger partial charge in [0, 0.05) is 18.9 Å². The summed E-state index contributed by atoms with van der Waals surface area (Å²) in [6, 6.07) is 6.03. The van der Waals surface area contributed by atoms with Crippen LogP contribution in [0.15, 0.2) is 23.3 Å². The Hall–Kier alpha value is -2.37. The first-order valence-corrected chi connectivity index (χ1v) is 9.34. The summed E-state index contributed by atoms with van der Waals surface area (Å²) in [5.74, 6) is 0.634. The SMILES string of the molecule is COc1cc(/C=N/NC(=O)CCCC(=O)NC2CCCCC2)ccc1C. The number of methoxy groups -OCH3 is 1. The van der Waals surface area contributed by atoms with Crippen molar-refractivity contribution in [3.63, 3.8) is 0 Å². The Morgan fingerprint density at radius 1 is 1.19 bits per heavy atom. The van der Waals surface area contributed by atoms with Crippen molar-refractivity contribution in [1.29, 1.82) is 0 Å². The normalized spacial score (nSPS) is 15.0. The van der Waals surface area contributed by atoms with E-state index in [0.717, 1.165) is 29.7 Å². The minimum atomic E-state index is -0.189. The van der Waals surface area contributed by atoms with Crippen LogP contribution in [0.4, 0.5) is 0 Å². The van der Waals surface area contributed by atoms with Crippen LogP contribution >= 0.6 is 0 Å². The van der Waals surface area contributed by atoms with Crippen LogP contribution in [0.2, 0.25) is 0 Å². The standard InChI is InChI=1S/C20H29N3O3/c1-15-11-12-16(13-18(15)26-2)14-21-23-20(25)10-6-9-19(24)22-17-7-4-3-5-8-17/h11-14,17H,3-10H2,1-2H3,(H,22,24)(H,23,25)/b21-14+. The number of benzene rings is 1. The third-order valence-electron chi connectivity index (χ3n) is 4.61. The third-order valence-corrected chi connectivity index (χ3v) is 4.61. The Kier molecular flexibility index (Phi) is 8.12. The molecule has 0 bridgehead atoms. The molecule has 1 fully saturated rings. The fourth-order valence-corrected chi connectivity index (χ4v) is 3.11. The molecule has 1 aliphatic carbocycles. The second-order valence-electron chi connectivity index (χ2n) is 6.78. The summed E-state index contributed by atoms with van der Waals surface area (Å²) in [4.78, 5) is 23.7. The van der Waals surface area contributed by atoms with Gasteiger partial charge in [-0.2, -0.15) is 5.10 Å². The van der Waals surface area contributed by atoms with E-state index in [0.29, 0.717) is 18.9 Å². The van der Waals surface area contributed by atoms with Crippen molar-refractivity contribution >= 4 is 18.0 Å². The maximum Gasteiger partial charge on any atom is 0.240 e. The molecule has 1 aromatic carbocycles. The molecule has 0 radical (unpaired) electrons. The van der Waals surface area contributed by atoms with Gasteiger partial charge >= 0.3 is 0 Å². The summed E-state index contributed by atoms with van der Waals surface area (Å²) >= 11 is 0. The summed E-state index contributed by atoms with van der Waals surface area (Å²) in [7, 11) is 1.62. The van der Waals surface area contributed by atoms with Gasteiger partial charge in [0.05, 0.1) is 13.3 Å². The van der Waals surface area contributed by atoms with Crippen LogP contribution in [0.5, 0.6) is 5.75 Å². The van der Waals surface area contributed by atoms with Crippen molar-refractivity contribution in [2.45, 2.75) is 64.3 Å². The first-order chi connectivity index (χ1) is 12.6. The fourth-order valence-electron chi connectivity index (χ4n) is 3.11. The van der Waals surface area contributed by atoms with Gasteiger partial charge in [-0.3, -0.25) is 9.59 Å². The van der Waals surface area contributed by atoms with Crippen LogP contribution in [0, 0.1) is 6.92 Å². The molecule has 1 aliphatic rings. The van der Waals surface area contributed by atoms with Gasteiger partial charge in [0.2, 0.25) is 11.8 Å². The number of carbonyl (C=O) groups excluding carboxylic acids is 2. The number of hydrazone groups is 1. The van der Waals surface area contributed by atoms with Crippen molar-refractivity contribution in [3.05, 3.63) is 29.3 Å². The molecule has 1 aromatic rings. The maximum absolute atomic E-state index is 11.9. The minimum Gasteiger partial charge on any atom is -0.496 e. The van der Waals surface area contributed by atoms with E-state index in [1.54, 1.807) is 13.3 Å². The molecular formula is C20H29N3O3. The second kappa shape index (κ2) is 10.6. The summed E-state index contributed by atoms with van der Waals surface area (Å²) in [6.45, 7) is 1.96. The van der Waals surface area contributed by atoms with Crippen molar-refractivity contribution in [1.82, 2.24) is 10.7 Å². The van der Waals surface area contributed by atoms with Gasteiger partial charge < -0.3 is 10.1 Å². The number of nitrogens with one attached hydrogen (secondary N) is 2. The highest BCUT2D eigenvalue weighted by Crippen LogP contribution is 2.18. The van der Waals surface area contributed by atoms with Gasteiger partial charge in [0.1, 0.15) is 5.75 Å². The van der Waals surface area contributed by atoms with Crippen LogP contribution < -0.4 is 15.5 Å². The van der Waals surface area contributed by atoms with Gasteiger partial charge in [-0.05, 0) is 43.4 Å². The van der Waals surface area contributed by atoms with E-state index in [1.165, 1.54) is 19.3 Å². The zero-order valence-electron chi connectivity index (χ0n) is 15.7. The van der Waals surface area contributed by atoms with E-state index in [1.807, 2.05) is 25.1 Å². The van der Waals surface area contributed by atoms with Crippen molar-refractivity contribution in [2.75, 3.05) is 7.11 Å². The predicted octanol–water partition coefficient (Wildman–Crippen LogP) is 3.07. The largest absolute Gasteiger partial charge is 0.496 e. The zero-order chi connectivity index (χ0) is 18.8. The van der Waals surface area contributed by atoms with Crippen LogP contribution in [-0.2, 0) is 9.59 Å². The van der Waals surface area contributed by atoms with E-state index in [-0.39, 0.29) is 18.2 Å². The molecule has 1 saturated carbocycles. The molecule has 0 atom stereocenters. The number of carbonyl (C=O) groups is 2. The summed E-state index contributed by atoms with van der Waals surface area (Å²) < 4.78 is 5.26. The molecule has 6 heteroatoms. The number of amides is 2. The summed E-state index contributed by atoms with van der Waals surface area (Å²) in [6.07, 6.45) is 8.57. The molecular weight excluding hydrogens is 330 g/mol. The van der Waals surface area contributed by atoms with E-state index in [9.17, 15) is 9.59 Å². The lowest BCUT2D eigenvalue weighted by Crippen LogP contribution is -2.36. The van der Waals surface area contributed by atoms with E-state index >= 15 is 0 Å². The molecule has 26 heavy (non-hydrogen) atoms. The van der Waals surface area contributed by atoms with Crippen LogP contribution in [0.1, 0.15) is 62.5 Å². The predicted molar refractivity (Wildman–Crippen MR) is 102 cm³/mol. The molecule has 0 aromatic heterocycles. The minimum absolute atomic E-state index is 0.0416. The Labute approximate surface area is 155 Å². The number of hydrogen-bond donors (Lipinski definition) is 2. The number of ether oxygens (including phenoxy) is 1. The number of hydrogen-bond acceptors (Lipinski definition) is 4. The van der Waals surface area contributed by atoms with Gasteiger partial charge in [0.15, 0.2) is 0 Å². The Morgan fingerprint density at radius 2 is 1.92 bits per heavy atom. The maximum atomic E-state index is 11.9. The quantitative estimate of drug-likeness (QED) is 0.553. The summed E-state index contributed by atoms with van der Waals surface area (Å²) in [5.41, 5.74) is 4.39. The molecule has 0 saturated heterocycles. The Balaban J connectivity index is 1.64. The lowest BCUT2D eigenvalue weighted by Gasteiger charge is -2.22. The second-order valence-corrected chi connectivity index (χ2v) is 6.78. The molecule has 0 aliphatic heterocycles. The van der Waals surface area contributed by atoms with E-state index < -0.39 is 0 Å². The van der Waals surface area contributed by atoms with Crippen LogP contribution in [0.25, 0.3) is 0 Å². The van der Waals surface area contributed by atoms with E-state index in [2.05, 4.69) is 15.8 Å². The molecule has 142 valence electrons. The number of nitrogens with zero attached hydrogens (tertiary/aromatic N) is 1. The van der Waals surface area contributed by atoms with Crippen molar-refractivity contribution in [2.24, 2.45) is 5.10 Å². The van der Waals surface area contributed by atoms with Crippen LogP contribution in [-0.4, -0.2) is 31.2 Å². The molecule has 0 spiro atoms. The van der Waals surface area contributed by atoms with Gasteiger partial charge in [-0.25, -0.2) is 5.43 Å². The first-order valence-electron chi connectivity index (χ1n) is 9.34. The smallest absolute Gasteiger partial charge is 0.240 e. The molecule has 2 amide bonds. The van der Waals surface area contributed by atoms with Gasteiger partial charge in [-0.15, -0.1) is 0 Å². The monoisotopic (exact) mass is 359 g/mol. The first kappa shape index (κ1) is 19.9. The molecule has 0 heterocycles. The van der Waals surface area contributed by atoms with E-state index in [4.69, 9.17) is 4.74 Å². The lowest BCUT2D eigenvalue weighted by atomic mass is 9.95. The zero-order valence-corrected chi connectivity index (χ0v) is 15.7. The highest BCUT2D eigenvalue weighted by atomic mass is 16.5. The highest BCUT2D eigenvalue weighted by Gasteiger charge is 2.15. The average Bonchev–Trinajstić information content (AvgIpc) is 2.64. The van der Waals surface area contributed by atoms with Gasteiger partial charge in [0.25, 0.3) is 0 Å². The molecule has 0 unspecified atom stereocenters. The Morgan fingerprint density at radius 3 is 2.65 bits per heavy atom. The van der Waals surface area contributed by atoms with Crippen molar-refractivity contribution in [3.8, 4) is 5.75 Å². The third kappa shape index (κ3) is 6.86. The topological polar surface area (TPSA) is 79.8 Å². The average molecular weight is 359 g/mol. The fraction of sp³-hybridized carbons (Fsp3) is 0.550. The highest BCUT2D eigenvalue weighted by molar-refractivity contribution is 5.83. The lowest BCUT2D eigenvalue weighted by molar-refractivity contribution is -0.123.